The molecule has 19 heavy (non-hydrogen) atoms. The van der Waals surface area contributed by atoms with Crippen LogP contribution >= 0.6 is 11.3 Å². The quantitative estimate of drug-likeness (QED) is 0.725. The number of nitrogens with zero attached hydrogens (tertiary/aromatic N) is 4. The fraction of sp³-hybridized carbons (Fsp3) is 0.182. The predicted molar refractivity (Wildman–Crippen MR) is 64.2 cm³/mol. The number of hydrogen-bond acceptors (Lipinski definition) is 4. The van der Waals surface area contributed by atoms with Crippen LogP contribution in [0.1, 0.15) is 17.0 Å². The van der Waals surface area contributed by atoms with Crippen LogP contribution in [0.4, 0.5) is 13.2 Å². The van der Waals surface area contributed by atoms with Crippen molar-refractivity contribution in [3.05, 3.63) is 34.7 Å². The Balaban J connectivity index is 2.19. The van der Waals surface area contributed by atoms with Gasteiger partial charge in [0.2, 0.25) is 5.13 Å². The number of aryl methyl sites for hydroxylation is 1. The summed E-state index contributed by atoms with van der Waals surface area (Å²) in [4.78, 5) is 0. The van der Waals surface area contributed by atoms with Crippen LogP contribution < -0.4 is 0 Å². The second-order valence-electron chi connectivity index (χ2n) is 3.96. The highest BCUT2D eigenvalue weighted by atomic mass is 32.1. The van der Waals surface area contributed by atoms with Crippen molar-refractivity contribution < 1.29 is 13.2 Å². The molecule has 0 saturated carbocycles. The molecule has 0 aliphatic rings. The van der Waals surface area contributed by atoms with Crippen molar-refractivity contribution in [2.24, 2.45) is 0 Å². The molecule has 0 amide bonds. The molecule has 0 saturated heterocycles. The maximum Gasteiger partial charge on any atom is 0.291 e. The Hall–Kier alpha value is -1.96. The largest absolute Gasteiger partial charge is 0.291 e. The minimum atomic E-state index is -2.67. The van der Waals surface area contributed by atoms with E-state index in [-0.39, 0.29) is 10.1 Å². The maximum absolute atomic E-state index is 13.7. The highest BCUT2D eigenvalue weighted by molar-refractivity contribution is 7.13. The Bertz CT molecular complexity index is 750. The summed E-state index contributed by atoms with van der Waals surface area (Å²) < 4.78 is 40.0. The number of rotatable bonds is 2. The Labute approximate surface area is 109 Å². The first-order chi connectivity index (χ1) is 9.06. The molecule has 2 aromatic heterocycles. The summed E-state index contributed by atoms with van der Waals surface area (Å²) in [6.07, 6.45) is -1.33. The van der Waals surface area contributed by atoms with Crippen LogP contribution in [0.3, 0.4) is 0 Å². The van der Waals surface area contributed by atoms with Gasteiger partial charge in [-0.3, -0.25) is 0 Å². The van der Waals surface area contributed by atoms with E-state index in [1.54, 1.807) is 13.0 Å². The fourth-order valence-corrected chi connectivity index (χ4v) is 2.44. The monoisotopic (exact) mass is 284 g/mol. The summed E-state index contributed by atoms with van der Waals surface area (Å²) in [5.74, 6) is -0.403. The molecule has 0 aliphatic carbocycles. The van der Waals surface area contributed by atoms with Crippen molar-refractivity contribution in [1.29, 1.82) is 0 Å². The number of fused-ring (bicyclic) bond motifs is 1. The van der Waals surface area contributed by atoms with E-state index in [0.29, 0.717) is 16.5 Å². The third-order valence-corrected chi connectivity index (χ3v) is 3.49. The topological polar surface area (TPSA) is 43.6 Å². The summed E-state index contributed by atoms with van der Waals surface area (Å²) in [5.41, 5.74) is 1.19. The van der Waals surface area contributed by atoms with Crippen molar-refractivity contribution >= 4 is 22.2 Å². The zero-order chi connectivity index (χ0) is 13.6. The Morgan fingerprint density at radius 1 is 1.26 bits per heavy atom. The number of benzene rings is 1. The number of aromatic nitrogens is 4. The minimum absolute atomic E-state index is 0.190. The van der Waals surface area contributed by atoms with Crippen molar-refractivity contribution in [2.45, 2.75) is 13.3 Å². The van der Waals surface area contributed by atoms with Crippen LogP contribution in [-0.4, -0.2) is 20.0 Å². The van der Waals surface area contributed by atoms with Crippen molar-refractivity contribution in [3.8, 4) is 5.13 Å². The van der Waals surface area contributed by atoms with E-state index in [9.17, 15) is 13.2 Å². The zero-order valence-electron chi connectivity index (χ0n) is 9.64. The van der Waals surface area contributed by atoms with E-state index in [2.05, 4.69) is 15.3 Å². The van der Waals surface area contributed by atoms with E-state index < -0.39 is 12.2 Å². The molecule has 0 fully saturated rings. The molecule has 8 heteroatoms. The lowest BCUT2D eigenvalue weighted by Gasteiger charge is -1.99. The second kappa shape index (κ2) is 4.30. The van der Waals surface area contributed by atoms with Gasteiger partial charge in [0.05, 0.1) is 17.1 Å². The third kappa shape index (κ3) is 1.97. The van der Waals surface area contributed by atoms with E-state index in [1.165, 1.54) is 16.9 Å². The molecule has 0 atom stereocenters. The van der Waals surface area contributed by atoms with Crippen molar-refractivity contribution in [3.63, 3.8) is 0 Å². The number of alkyl halides is 2. The predicted octanol–water partition coefficient (Wildman–Crippen LogP) is 3.26. The SMILES string of the molecule is Cc1cc(F)c2cnn(-c3nnc(C(F)F)s3)c2c1. The normalized spacial score (nSPS) is 11.6. The standard InChI is InChI=1S/C11H7F3N4S/c1-5-2-7(12)6-4-15-18(8(6)3-5)11-17-16-10(19-11)9(13)14/h2-4,9H,1H3. The molecule has 0 unspecified atom stereocenters. The fourth-order valence-electron chi connectivity index (χ4n) is 1.77. The molecule has 98 valence electrons. The van der Waals surface area contributed by atoms with Gasteiger partial charge in [-0.05, 0) is 24.6 Å². The molecule has 4 nitrogen and oxygen atoms in total. The van der Waals surface area contributed by atoms with Crippen molar-refractivity contribution in [2.75, 3.05) is 0 Å². The molecular weight excluding hydrogens is 277 g/mol. The number of hydrogen-bond donors (Lipinski definition) is 0. The van der Waals surface area contributed by atoms with Gasteiger partial charge >= 0.3 is 0 Å². The lowest BCUT2D eigenvalue weighted by atomic mass is 10.2. The van der Waals surface area contributed by atoms with Crippen LogP contribution in [0.5, 0.6) is 0 Å². The summed E-state index contributed by atoms with van der Waals surface area (Å²) in [7, 11) is 0. The molecule has 1 aromatic carbocycles. The van der Waals surface area contributed by atoms with Gasteiger partial charge in [-0.2, -0.15) is 5.10 Å². The van der Waals surface area contributed by atoms with Crippen LogP contribution in [0.15, 0.2) is 18.3 Å². The summed E-state index contributed by atoms with van der Waals surface area (Å²) in [5, 5.41) is 11.1. The second-order valence-corrected chi connectivity index (χ2v) is 4.95. The molecule has 0 aliphatic heterocycles. The average molecular weight is 284 g/mol. The van der Waals surface area contributed by atoms with Crippen LogP contribution in [0.2, 0.25) is 0 Å². The van der Waals surface area contributed by atoms with E-state index in [4.69, 9.17) is 0 Å². The van der Waals surface area contributed by atoms with Gasteiger partial charge in [0.1, 0.15) is 5.82 Å². The maximum atomic E-state index is 13.7. The Kier molecular flexibility index (Phi) is 2.74. The first-order valence-corrected chi connectivity index (χ1v) is 6.13. The van der Waals surface area contributed by atoms with Gasteiger partial charge in [-0.15, -0.1) is 10.2 Å². The smallest absolute Gasteiger partial charge is 0.206 e. The minimum Gasteiger partial charge on any atom is -0.206 e. The first kappa shape index (κ1) is 12.1. The molecule has 0 N–H and O–H groups in total. The van der Waals surface area contributed by atoms with Gasteiger partial charge in [0, 0.05) is 0 Å². The van der Waals surface area contributed by atoms with E-state index in [1.807, 2.05) is 0 Å². The molecule has 2 heterocycles. The van der Waals surface area contributed by atoms with Crippen LogP contribution in [0.25, 0.3) is 16.0 Å². The molecule has 0 radical (unpaired) electrons. The van der Waals surface area contributed by atoms with E-state index in [0.717, 1.165) is 11.3 Å². The van der Waals surface area contributed by atoms with Gasteiger partial charge in [-0.1, -0.05) is 11.3 Å². The molecule has 3 rings (SSSR count). The van der Waals surface area contributed by atoms with E-state index >= 15 is 0 Å². The highest BCUT2D eigenvalue weighted by Gasteiger charge is 2.17. The first-order valence-electron chi connectivity index (χ1n) is 5.32. The lowest BCUT2D eigenvalue weighted by molar-refractivity contribution is 0.150. The Morgan fingerprint density at radius 3 is 2.74 bits per heavy atom. The summed E-state index contributed by atoms with van der Waals surface area (Å²) >= 11 is 0.731. The van der Waals surface area contributed by atoms with Gasteiger partial charge in [0.25, 0.3) is 6.43 Å². The molecule has 0 bridgehead atoms. The van der Waals surface area contributed by atoms with Crippen LogP contribution in [0, 0.1) is 12.7 Å². The lowest BCUT2D eigenvalue weighted by Crippen LogP contribution is -1.95. The van der Waals surface area contributed by atoms with Crippen molar-refractivity contribution in [1.82, 2.24) is 20.0 Å². The highest BCUT2D eigenvalue weighted by Crippen LogP contribution is 2.27. The van der Waals surface area contributed by atoms with Gasteiger partial charge < -0.3 is 0 Å². The van der Waals surface area contributed by atoms with Gasteiger partial charge in [-0.25, -0.2) is 17.9 Å². The van der Waals surface area contributed by atoms with Gasteiger partial charge in [0.15, 0.2) is 5.01 Å². The summed E-state index contributed by atoms with van der Waals surface area (Å²) in [6, 6.07) is 3.11. The molecule has 3 aromatic rings. The summed E-state index contributed by atoms with van der Waals surface area (Å²) in [6.45, 7) is 1.74. The Morgan fingerprint density at radius 2 is 2.05 bits per heavy atom. The average Bonchev–Trinajstić information content (AvgIpc) is 2.93. The number of halogens is 3. The molecular formula is C11H7F3N4S. The van der Waals surface area contributed by atoms with Crippen LogP contribution in [-0.2, 0) is 0 Å². The molecule has 0 spiro atoms. The third-order valence-electron chi connectivity index (χ3n) is 2.58. The zero-order valence-corrected chi connectivity index (χ0v) is 10.5.